The Morgan fingerprint density at radius 3 is 2.35 bits per heavy atom. The number of hydrogen-bond acceptors (Lipinski definition) is 2. The molecule has 0 aromatic heterocycles. The first-order valence-electron chi connectivity index (χ1n) is 4.84. The maximum atomic E-state index is 10.1. The molecular weight excluding hydrogens is 214 g/mol. The van der Waals surface area contributed by atoms with E-state index in [1.807, 2.05) is 36.4 Å². The molecule has 0 aliphatic carbocycles. The fourth-order valence-electron chi connectivity index (χ4n) is 0.869. The molecule has 1 aromatic carbocycles. The third-order valence-electron chi connectivity index (χ3n) is 1.53. The number of aliphatic carboxylic acids is 1. The van der Waals surface area contributed by atoms with Gasteiger partial charge in [0.15, 0.2) is 0 Å². The van der Waals surface area contributed by atoms with Gasteiger partial charge in [0.1, 0.15) is 0 Å². The number of benzene rings is 1. The summed E-state index contributed by atoms with van der Waals surface area (Å²) in [6.07, 6.45) is 7.32. The number of carboxylic acids is 1. The molecule has 0 aliphatic heterocycles. The van der Waals surface area contributed by atoms with E-state index in [1.54, 1.807) is 12.1 Å². The van der Waals surface area contributed by atoms with Gasteiger partial charge in [0.2, 0.25) is 0 Å². The van der Waals surface area contributed by atoms with E-state index in [0.29, 0.717) is 0 Å². The highest BCUT2D eigenvalue weighted by Crippen LogP contribution is 2.00. The molecule has 3 heteroatoms. The maximum Gasteiger partial charge on any atom is 0.328 e. The highest BCUT2D eigenvalue weighted by Gasteiger charge is 1.82. The number of nitriles is 1. The Labute approximate surface area is 101 Å². The maximum absolute atomic E-state index is 10.1. The summed E-state index contributed by atoms with van der Waals surface area (Å²) in [5.41, 5.74) is 1.05. The minimum absolute atomic E-state index is 0.933. The van der Waals surface area contributed by atoms with Crippen LogP contribution in [0.2, 0.25) is 0 Å². The van der Waals surface area contributed by atoms with E-state index in [4.69, 9.17) is 10.4 Å². The van der Waals surface area contributed by atoms with E-state index in [2.05, 4.69) is 6.58 Å². The second kappa shape index (κ2) is 9.94. The van der Waals surface area contributed by atoms with Crippen molar-refractivity contribution in [2.75, 3.05) is 0 Å². The quantitative estimate of drug-likeness (QED) is 0.490. The lowest BCUT2D eigenvalue weighted by molar-refractivity contribution is -0.131. The average Bonchev–Trinajstić information content (AvgIpc) is 2.36. The van der Waals surface area contributed by atoms with Crippen LogP contribution in [0.15, 0.2) is 61.2 Å². The Kier molecular flexibility index (Phi) is 8.42. The average molecular weight is 227 g/mol. The lowest BCUT2D eigenvalue weighted by Gasteiger charge is -1.87. The number of hydrogen-bond donors (Lipinski definition) is 1. The number of rotatable bonds is 3. The van der Waals surface area contributed by atoms with Crippen LogP contribution in [-0.2, 0) is 4.79 Å². The van der Waals surface area contributed by atoms with Crippen molar-refractivity contribution in [1.29, 1.82) is 5.26 Å². The van der Waals surface area contributed by atoms with Crippen LogP contribution >= 0.6 is 0 Å². The summed E-state index contributed by atoms with van der Waals surface area (Å²) in [5.74, 6) is -0.933. The van der Waals surface area contributed by atoms with Crippen molar-refractivity contribution in [2.24, 2.45) is 0 Å². The number of carbonyl (C=O) groups is 1. The van der Waals surface area contributed by atoms with E-state index in [0.717, 1.165) is 11.6 Å². The summed E-state index contributed by atoms with van der Waals surface area (Å²) in [5, 5.41) is 15.8. The Morgan fingerprint density at radius 2 is 1.88 bits per heavy atom. The van der Waals surface area contributed by atoms with E-state index in [9.17, 15) is 4.79 Å². The first-order valence-corrected chi connectivity index (χ1v) is 4.84. The normalized spacial score (nSPS) is 9.35. The second-order valence-electron chi connectivity index (χ2n) is 2.80. The first kappa shape index (κ1) is 14.4. The van der Waals surface area contributed by atoms with Crippen LogP contribution in [0.4, 0.5) is 0 Å². The Balaban J connectivity index is 0.000000557. The lowest BCUT2D eigenvalue weighted by atomic mass is 10.2. The van der Waals surface area contributed by atoms with Crippen LogP contribution in [0.1, 0.15) is 5.56 Å². The molecule has 0 bridgehead atoms. The molecule has 0 spiro atoms. The minimum Gasteiger partial charge on any atom is -0.478 e. The van der Waals surface area contributed by atoms with Crippen LogP contribution in [0.3, 0.4) is 0 Å². The monoisotopic (exact) mass is 227 g/mol. The van der Waals surface area contributed by atoms with Gasteiger partial charge in [-0.3, -0.25) is 0 Å². The zero-order chi connectivity index (χ0) is 12.9. The minimum atomic E-state index is -0.933. The Bertz CT molecular complexity index is 439. The van der Waals surface area contributed by atoms with Gasteiger partial charge in [-0.05, 0) is 5.56 Å². The van der Waals surface area contributed by atoms with Gasteiger partial charge in [0.05, 0.1) is 6.07 Å². The zero-order valence-corrected chi connectivity index (χ0v) is 9.28. The van der Waals surface area contributed by atoms with Crippen LogP contribution in [0, 0.1) is 11.3 Å². The van der Waals surface area contributed by atoms with Gasteiger partial charge in [-0.15, -0.1) is 0 Å². The van der Waals surface area contributed by atoms with Gasteiger partial charge < -0.3 is 5.11 Å². The Morgan fingerprint density at radius 1 is 1.29 bits per heavy atom. The van der Waals surface area contributed by atoms with Gasteiger partial charge in [-0.2, -0.15) is 5.26 Å². The van der Waals surface area contributed by atoms with E-state index < -0.39 is 5.97 Å². The summed E-state index contributed by atoms with van der Waals surface area (Å²) in [6, 6.07) is 11.4. The molecule has 17 heavy (non-hydrogen) atoms. The molecule has 0 radical (unpaired) electrons. The van der Waals surface area contributed by atoms with Crippen molar-refractivity contribution in [3.8, 4) is 6.07 Å². The van der Waals surface area contributed by atoms with Crippen LogP contribution in [0.25, 0.3) is 6.08 Å². The summed E-state index contributed by atoms with van der Waals surface area (Å²) in [4.78, 5) is 10.1. The van der Waals surface area contributed by atoms with Crippen molar-refractivity contribution in [1.82, 2.24) is 0 Å². The fraction of sp³-hybridized carbons (Fsp3) is 0. The van der Waals surface area contributed by atoms with Crippen molar-refractivity contribution in [3.05, 3.63) is 66.8 Å². The predicted octanol–water partition coefficient (Wildman–Crippen LogP) is 3.04. The first-order chi connectivity index (χ1) is 8.20. The largest absolute Gasteiger partial charge is 0.478 e. The molecule has 0 saturated carbocycles. The molecule has 1 N–H and O–H groups in total. The van der Waals surface area contributed by atoms with E-state index in [-0.39, 0.29) is 0 Å². The zero-order valence-electron chi connectivity index (χ0n) is 9.28. The third-order valence-corrected chi connectivity index (χ3v) is 1.53. The highest BCUT2D eigenvalue weighted by atomic mass is 16.4. The smallest absolute Gasteiger partial charge is 0.328 e. The van der Waals surface area contributed by atoms with Gasteiger partial charge in [0, 0.05) is 12.2 Å². The van der Waals surface area contributed by atoms with Crippen LogP contribution in [0.5, 0.6) is 0 Å². The molecule has 1 rings (SSSR count). The van der Waals surface area contributed by atoms with Crippen LogP contribution in [-0.4, -0.2) is 11.1 Å². The number of carboxylic acid groups (broad SMARTS) is 1. The number of nitrogens with zero attached hydrogens (tertiary/aromatic N) is 1. The Hall–Kier alpha value is -2.60. The summed E-state index contributed by atoms with van der Waals surface area (Å²) in [6.45, 7) is 3.12. The molecule has 0 aliphatic rings. The highest BCUT2D eigenvalue weighted by molar-refractivity contribution is 5.80. The third kappa shape index (κ3) is 9.70. The fourth-order valence-corrected chi connectivity index (χ4v) is 0.869. The van der Waals surface area contributed by atoms with Crippen molar-refractivity contribution < 1.29 is 9.90 Å². The van der Waals surface area contributed by atoms with Gasteiger partial charge in [0.25, 0.3) is 0 Å². The molecule has 0 unspecified atom stereocenters. The molecule has 86 valence electrons. The van der Waals surface area contributed by atoms with Gasteiger partial charge in [-0.1, -0.05) is 55.1 Å². The molecule has 0 heterocycles. The molecule has 0 saturated heterocycles. The van der Waals surface area contributed by atoms with Crippen molar-refractivity contribution >= 4 is 12.0 Å². The van der Waals surface area contributed by atoms with Crippen molar-refractivity contribution in [3.63, 3.8) is 0 Å². The second-order valence-corrected chi connectivity index (χ2v) is 2.80. The summed E-state index contributed by atoms with van der Waals surface area (Å²) in [7, 11) is 0. The molecule has 0 amide bonds. The molecule has 0 fully saturated rings. The van der Waals surface area contributed by atoms with E-state index in [1.165, 1.54) is 12.2 Å². The molecular formula is C14H13NO2. The molecule has 1 aromatic rings. The van der Waals surface area contributed by atoms with Gasteiger partial charge >= 0.3 is 5.97 Å². The number of allylic oxidation sites excluding steroid dienone is 3. The van der Waals surface area contributed by atoms with E-state index >= 15 is 0 Å². The lowest BCUT2D eigenvalue weighted by Crippen LogP contribution is -1.84. The van der Waals surface area contributed by atoms with Crippen molar-refractivity contribution in [2.45, 2.75) is 0 Å². The molecule has 0 atom stereocenters. The van der Waals surface area contributed by atoms with Crippen LogP contribution < -0.4 is 0 Å². The predicted molar refractivity (Wildman–Crippen MR) is 68.1 cm³/mol. The standard InChI is InChI=1S/C11H10O2.C3H3N/c12-11(13)9-5-4-8-10-6-2-1-3-7-10;1-2-3-4/h1-9H,(H,12,13);2H,1H2. The molecule has 3 nitrogen and oxygen atoms in total. The van der Waals surface area contributed by atoms with Gasteiger partial charge in [-0.25, -0.2) is 4.79 Å². The summed E-state index contributed by atoms with van der Waals surface area (Å²) < 4.78 is 0. The topological polar surface area (TPSA) is 61.1 Å². The summed E-state index contributed by atoms with van der Waals surface area (Å²) >= 11 is 0. The SMILES string of the molecule is C=CC#N.O=C(O)C=CC=Cc1ccccc1.